The number of rotatable bonds is 17. The molecule has 10 nitrogen and oxygen atoms in total. The van der Waals surface area contributed by atoms with Gasteiger partial charge in [0.05, 0.1) is 13.2 Å². The quantitative estimate of drug-likeness (QED) is 0.139. The average Bonchev–Trinajstić information content (AvgIpc) is 2.98. The van der Waals surface area contributed by atoms with Crippen molar-refractivity contribution in [2.24, 2.45) is 0 Å². The van der Waals surface area contributed by atoms with E-state index in [1.807, 2.05) is 52.0 Å². The van der Waals surface area contributed by atoms with E-state index in [1.54, 1.807) is 24.3 Å². The fourth-order valence-corrected chi connectivity index (χ4v) is 4.27. The molecule has 0 radical (unpaired) electrons. The van der Waals surface area contributed by atoms with Gasteiger partial charge in [0.1, 0.15) is 34.8 Å². The number of aliphatic carboxylic acids is 2. The topological polar surface area (TPSA) is 147 Å². The number of benzene rings is 2. The summed E-state index contributed by atoms with van der Waals surface area (Å²) in [5.41, 5.74) is 2.08. The Morgan fingerprint density at radius 3 is 1.36 bits per heavy atom. The van der Waals surface area contributed by atoms with Gasteiger partial charge in [-0.15, -0.1) is 0 Å². The summed E-state index contributed by atoms with van der Waals surface area (Å²) in [5.74, 6) is -1.66. The normalized spacial score (nSPS) is 11.3. The molecule has 0 aliphatic heterocycles. The lowest BCUT2D eigenvalue weighted by Gasteiger charge is -2.23. The predicted molar refractivity (Wildman–Crippen MR) is 163 cm³/mol. The lowest BCUT2D eigenvalue weighted by Crippen LogP contribution is -2.21. The second-order valence-electron chi connectivity index (χ2n) is 9.14. The van der Waals surface area contributed by atoms with Gasteiger partial charge in [-0.3, -0.25) is 0 Å². The second kappa shape index (κ2) is 17.0. The van der Waals surface area contributed by atoms with Crippen LogP contribution in [0.5, 0.6) is 11.5 Å². The van der Waals surface area contributed by atoms with Crippen LogP contribution in [0.1, 0.15) is 51.7 Å². The van der Waals surface area contributed by atoms with Gasteiger partial charge in [-0.1, -0.05) is 0 Å². The van der Waals surface area contributed by atoms with Crippen molar-refractivity contribution in [1.82, 2.24) is 0 Å². The minimum Gasteiger partial charge on any atom is -0.493 e. The number of carbonyl (C=O) groups is 2. The molecule has 0 bridgehead atoms. The maximum Gasteiger partial charge on any atom is 0.346 e. The summed E-state index contributed by atoms with van der Waals surface area (Å²) in [6, 6.07) is 14.3. The summed E-state index contributed by atoms with van der Waals surface area (Å²) in [4.78, 5) is 27.0. The second-order valence-corrected chi connectivity index (χ2v) is 9.14. The Hall–Kier alpha value is -4.96. The van der Waals surface area contributed by atoms with E-state index in [-0.39, 0.29) is 11.1 Å². The van der Waals surface area contributed by atoms with Crippen LogP contribution in [-0.4, -0.2) is 61.5 Å². The summed E-state index contributed by atoms with van der Waals surface area (Å²) in [6.45, 7) is 12.0. The van der Waals surface area contributed by atoms with Crippen LogP contribution < -0.4 is 19.3 Å². The lowest BCUT2D eigenvalue weighted by molar-refractivity contribution is -0.133. The number of carboxylic acid groups (broad SMARTS) is 2. The van der Waals surface area contributed by atoms with Crippen molar-refractivity contribution >= 4 is 35.5 Å². The van der Waals surface area contributed by atoms with Crippen LogP contribution in [-0.2, 0) is 9.59 Å². The van der Waals surface area contributed by atoms with Gasteiger partial charge in [0.2, 0.25) is 0 Å². The van der Waals surface area contributed by atoms with Crippen LogP contribution in [0.25, 0.3) is 12.2 Å². The first-order valence-electron chi connectivity index (χ1n) is 14.0. The Morgan fingerprint density at radius 2 is 1.07 bits per heavy atom. The molecule has 222 valence electrons. The minimum atomic E-state index is -1.31. The van der Waals surface area contributed by atoms with Crippen LogP contribution in [0, 0.1) is 22.7 Å². The third-order valence-electron chi connectivity index (χ3n) is 6.61. The van der Waals surface area contributed by atoms with Gasteiger partial charge in [-0.05, 0) is 77.0 Å². The molecule has 2 N–H and O–H groups in total. The SMILES string of the molecule is CCN(CC)c1ccc(/C=C(\C#N)C(=O)O)c(OCCCCOc2cc(N(CC)CC)ccc2/C=C(\C#N)C(=O)O)c1. The predicted octanol–water partition coefficient (Wildman–Crippen LogP) is 5.60. The molecule has 10 heteroatoms. The molecule has 0 saturated carbocycles. The summed E-state index contributed by atoms with van der Waals surface area (Å²) >= 11 is 0. The Morgan fingerprint density at radius 1 is 0.714 bits per heavy atom. The molecule has 0 heterocycles. The maximum absolute atomic E-state index is 11.4. The molecule has 0 atom stereocenters. The maximum atomic E-state index is 11.4. The molecule has 0 amide bonds. The number of ether oxygens (including phenoxy) is 2. The molecule has 0 fully saturated rings. The lowest BCUT2D eigenvalue weighted by atomic mass is 10.1. The summed E-state index contributed by atoms with van der Waals surface area (Å²) in [7, 11) is 0. The Kier molecular flexibility index (Phi) is 13.4. The number of anilines is 2. The van der Waals surface area contributed by atoms with Crippen molar-refractivity contribution in [3.8, 4) is 23.6 Å². The molecule has 42 heavy (non-hydrogen) atoms. The monoisotopic (exact) mass is 574 g/mol. The highest BCUT2D eigenvalue weighted by Gasteiger charge is 2.14. The van der Waals surface area contributed by atoms with Crippen LogP contribution in [0.15, 0.2) is 47.5 Å². The standard InChI is InChI=1S/C32H38N4O6/c1-5-35(6-2)27-13-11-23(17-25(21-33)31(37)38)29(19-27)41-15-9-10-16-42-30-20-28(36(7-3)8-4)14-12-24(30)18-26(22-34)32(39)40/h11-14,17-20H,5-10,15-16H2,1-4H3,(H,37,38)(H,39,40)/b25-17+,26-18+. The van der Waals surface area contributed by atoms with Gasteiger partial charge in [-0.2, -0.15) is 10.5 Å². The van der Waals surface area contributed by atoms with Crippen molar-refractivity contribution in [2.45, 2.75) is 40.5 Å². The van der Waals surface area contributed by atoms with Crippen LogP contribution >= 0.6 is 0 Å². The largest absolute Gasteiger partial charge is 0.493 e. The first-order valence-corrected chi connectivity index (χ1v) is 14.0. The Balaban J connectivity index is 2.17. The number of nitrogens with zero attached hydrogens (tertiary/aromatic N) is 4. The van der Waals surface area contributed by atoms with Gasteiger partial charge in [-0.25, -0.2) is 9.59 Å². The zero-order chi connectivity index (χ0) is 31.1. The van der Waals surface area contributed by atoms with E-state index < -0.39 is 11.9 Å². The molecule has 2 aromatic carbocycles. The summed E-state index contributed by atoms with van der Waals surface area (Å²) in [6.07, 6.45) is 3.83. The van der Waals surface area contributed by atoms with E-state index in [0.29, 0.717) is 48.7 Å². The summed E-state index contributed by atoms with van der Waals surface area (Å²) in [5, 5.41) is 37.0. The van der Waals surface area contributed by atoms with Crippen molar-refractivity contribution in [1.29, 1.82) is 10.5 Å². The third-order valence-corrected chi connectivity index (χ3v) is 6.61. The Bertz CT molecular complexity index is 1270. The molecule has 0 unspecified atom stereocenters. The molecule has 0 aliphatic rings. The van der Waals surface area contributed by atoms with Crippen molar-refractivity contribution in [3.05, 3.63) is 58.7 Å². The highest BCUT2D eigenvalue weighted by molar-refractivity contribution is 5.97. The Labute approximate surface area is 247 Å². The first-order chi connectivity index (χ1) is 20.2. The van der Waals surface area contributed by atoms with Crippen LogP contribution in [0.2, 0.25) is 0 Å². The fraction of sp³-hybridized carbons (Fsp3) is 0.375. The van der Waals surface area contributed by atoms with Gasteiger partial charge in [0.25, 0.3) is 0 Å². The number of nitriles is 2. The van der Waals surface area contributed by atoms with Crippen molar-refractivity contribution in [2.75, 3.05) is 49.2 Å². The van der Waals surface area contributed by atoms with Gasteiger partial charge >= 0.3 is 11.9 Å². The van der Waals surface area contributed by atoms with Gasteiger partial charge < -0.3 is 29.5 Å². The van der Waals surface area contributed by atoms with E-state index in [1.165, 1.54) is 12.2 Å². The zero-order valence-corrected chi connectivity index (χ0v) is 24.6. The number of hydrogen-bond acceptors (Lipinski definition) is 8. The minimum absolute atomic E-state index is 0.324. The number of carboxylic acids is 2. The summed E-state index contributed by atoms with van der Waals surface area (Å²) < 4.78 is 12.1. The van der Waals surface area contributed by atoms with Crippen molar-refractivity contribution in [3.63, 3.8) is 0 Å². The molecule has 2 rings (SSSR count). The van der Waals surface area contributed by atoms with E-state index in [2.05, 4.69) is 9.80 Å². The van der Waals surface area contributed by atoms with Crippen LogP contribution in [0.4, 0.5) is 11.4 Å². The van der Waals surface area contributed by atoms with E-state index in [9.17, 15) is 30.3 Å². The molecule has 0 aliphatic carbocycles. The van der Waals surface area contributed by atoms with E-state index in [0.717, 1.165) is 37.6 Å². The molecule has 0 aromatic heterocycles. The molecule has 0 saturated heterocycles. The average molecular weight is 575 g/mol. The molecule has 2 aromatic rings. The zero-order valence-electron chi connectivity index (χ0n) is 24.6. The molecular formula is C32H38N4O6. The molecule has 0 spiro atoms. The number of unbranched alkanes of at least 4 members (excludes halogenated alkanes) is 1. The van der Waals surface area contributed by atoms with E-state index in [4.69, 9.17) is 9.47 Å². The first kappa shape index (κ1) is 33.2. The smallest absolute Gasteiger partial charge is 0.346 e. The molecular weight excluding hydrogens is 536 g/mol. The van der Waals surface area contributed by atoms with Gasteiger partial charge in [0.15, 0.2) is 0 Å². The fourth-order valence-electron chi connectivity index (χ4n) is 4.27. The number of hydrogen-bond donors (Lipinski definition) is 2. The third kappa shape index (κ3) is 9.31. The van der Waals surface area contributed by atoms with Crippen molar-refractivity contribution < 1.29 is 29.3 Å². The highest BCUT2D eigenvalue weighted by Crippen LogP contribution is 2.30. The van der Waals surface area contributed by atoms with E-state index >= 15 is 0 Å². The van der Waals surface area contributed by atoms with Crippen LogP contribution in [0.3, 0.4) is 0 Å². The van der Waals surface area contributed by atoms with Gasteiger partial charge in [0, 0.05) is 60.8 Å². The highest BCUT2D eigenvalue weighted by atomic mass is 16.5.